The fourth-order valence-corrected chi connectivity index (χ4v) is 2.65. The zero-order valence-corrected chi connectivity index (χ0v) is 15.5. The molecule has 0 heterocycles. The Morgan fingerprint density at radius 1 is 1.22 bits per heavy atom. The zero-order chi connectivity index (χ0) is 20.0. The second-order valence-electron chi connectivity index (χ2n) is 6.28. The SMILES string of the molecule is CC[C@H](C)c1ccccc1NC(=O)COC(=O)c1ccc([N+](=O)[O-])c(C)c1. The van der Waals surface area contributed by atoms with Crippen molar-refractivity contribution in [1.29, 1.82) is 0 Å². The number of esters is 1. The van der Waals surface area contributed by atoms with Crippen LogP contribution in [0.3, 0.4) is 0 Å². The van der Waals surface area contributed by atoms with Gasteiger partial charge in [-0.15, -0.1) is 0 Å². The van der Waals surface area contributed by atoms with E-state index >= 15 is 0 Å². The van der Waals surface area contributed by atoms with Gasteiger partial charge in [0.2, 0.25) is 0 Å². The van der Waals surface area contributed by atoms with Gasteiger partial charge in [-0.2, -0.15) is 0 Å². The summed E-state index contributed by atoms with van der Waals surface area (Å²) in [4.78, 5) is 34.5. The summed E-state index contributed by atoms with van der Waals surface area (Å²) in [6, 6.07) is 11.4. The first-order chi connectivity index (χ1) is 12.8. The first-order valence-electron chi connectivity index (χ1n) is 8.64. The Hall–Kier alpha value is -3.22. The number of hydrogen-bond donors (Lipinski definition) is 1. The molecule has 1 amide bonds. The summed E-state index contributed by atoms with van der Waals surface area (Å²) in [7, 11) is 0. The van der Waals surface area contributed by atoms with E-state index in [0.717, 1.165) is 12.0 Å². The van der Waals surface area contributed by atoms with E-state index in [4.69, 9.17) is 4.74 Å². The molecule has 0 fully saturated rings. The van der Waals surface area contributed by atoms with Crippen LogP contribution in [-0.2, 0) is 9.53 Å². The molecule has 1 N–H and O–H groups in total. The normalized spacial score (nSPS) is 11.5. The van der Waals surface area contributed by atoms with Gasteiger partial charge in [0.05, 0.1) is 10.5 Å². The number of carbonyl (C=O) groups is 2. The number of aryl methyl sites for hydroxylation is 1. The molecular formula is C20H22N2O5. The van der Waals surface area contributed by atoms with Crippen molar-refractivity contribution in [1.82, 2.24) is 0 Å². The highest BCUT2D eigenvalue weighted by molar-refractivity contribution is 5.96. The Kier molecular flexibility index (Phi) is 6.65. The highest BCUT2D eigenvalue weighted by atomic mass is 16.6. The maximum absolute atomic E-state index is 12.1. The number of benzene rings is 2. The summed E-state index contributed by atoms with van der Waals surface area (Å²) in [6.07, 6.45) is 0.932. The fourth-order valence-electron chi connectivity index (χ4n) is 2.65. The predicted molar refractivity (Wildman–Crippen MR) is 102 cm³/mol. The number of carbonyl (C=O) groups excluding carboxylic acids is 2. The molecule has 0 spiro atoms. The largest absolute Gasteiger partial charge is 0.452 e. The molecule has 0 unspecified atom stereocenters. The molecule has 0 saturated heterocycles. The minimum atomic E-state index is -0.710. The highest BCUT2D eigenvalue weighted by Crippen LogP contribution is 2.26. The smallest absolute Gasteiger partial charge is 0.338 e. The lowest BCUT2D eigenvalue weighted by atomic mass is 9.97. The number of para-hydroxylation sites is 1. The molecule has 7 heteroatoms. The van der Waals surface area contributed by atoms with Gasteiger partial charge in [0.25, 0.3) is 11.6 Å². The van der Waals surface area contributed by atoms with Gasteiger partial charge >= 0.3 is 5.97 Å². The van der Waals surface area contributed by atoms with Crippen molar-refractivity contribution >= 4 is 23.3 Å². The average Bonchev–Trinajstić information content (AvgIpc) is 2.65. The van der Waals surface area contributed by atoms with Crippen LogP contribution in [0.4, 0.5) is 11.4 Å². The Morgan fingerprint density at radius 3 is 2.56 bits per heavy atom. The third kappa shape index (κ3) is 5.13. The summed E-state index contributed by atoms with van der Waals surface area (Å²) in [5, 5.41) is 13.6. The van der Waals surface area contributed by atoms with E-state index in [1.165, 1.54) is 25.1 Å². The molecule has 0 aromatic heterocycles. The van der Waals surface area contributed by atoms with E-state index in [0.29, 0.717) is 11.3 Å². The lowest BCUT2D eigenvalue weighted by Gasteiger charge is -2.15. The van der Waals surface area contributed by atoms with Gasteiger partial charge in [-0.25, -0.2) is 4.79 Å². The predicted octanol–water partition coefficient (Wildman–Crippen LogP) is 4.21. The molecular weight excluding hydrogens is 348 g/mol. The zero-order valence-electron chi connectivity index (χ0n) is 15.5. The van der Waals surface area contributed by atoms with Crippen LogP contribution in [0.2, 0.25) is 0 Å². The molecule has 0 radical (unpaired) electrons. The molecule has 0 aliphatic rings. The minimum absolute atomic E-state index is 0.0778. The standard InChI is InChI=1S/C20H22N2O5/c1-4-13(2)16-7-5-6-8-17(16)21-19(23)12-27-20(24)15-9-10-18(22(25)26)14(3)11-15/h5-11,13H,4,12H2,1-3H3,(H,21,23)/t13-/m0/s1. The molecule has 27 heavy (non-hydrogen) atoms. The lowest BCUT2D eigenvalue weighted by molar-refractivity contribution is -0.385. The highest BCUT2D eigenvalue weighted by Gasteiger charge is 2.16. The van der Waals surface area contributed by atoms with Crippen molar-refractivity contribution in [3.05, 3.63) is 69.3 Å². The lowest BCUT2D eigenvalue weighted by Crippen LogP contribution is -2.21. The van der Waals surface area contributed by atoms with E-state index in [1.807, 2.05) is 18.2 Å². The maximum Gasteiger partial charge on any atom is 0.338 e. The second kappa shape index (κ2) is 8.93. The van der Waals surface area contributed by atoms with E-state index in [1.54, 1.807) is 6.07 Å². The van der Waals surface area contributed by atoms with Crippen LogP contribution in [0.15, 0.2) is 42.5 Å². The first-order valence-corrected chi connectivity index (χ1v) is 8.64. The molecule has 0 aliphatic heterocycles. The molecule has 0 bridgehead atoms. The molecule has 142 valence electrons. The van der Waals surface area contributed by atoms with Crippen LogP contribution in [-0.4, -0.2) is 23.4 Å². The van der Waals surface area contributed by atoms with Crippen molar-refractivity contribution in [3.8, 4) is 0 Å². The number of hydrogen-bond acceptors (Lipinski definition) is 5. The van der Waals surface area contributed by atoms with Gasteiger partial charge in [0.15, 0.2) is 6.61 Å². The Labute approximate surface area is 157 Å². The van der Waals surface area contributed by atoms with Crippen molar-refractivity contribution < 1.29 is 19.2 Å². The molecule has 1 atom stereocenters. The number of amides is 1. The quantitative estimate of drug-likeness (QED) is 0.447. The fraction of sp³-hybridized carbons (Fsp3) is 0.300. The van der Waals surface area contributed by atoms with E-state index < -0.39 is 23.4 Å². The number of rotatable bonds is 7. The van der Waals surface area contributed by atoms with Gasteiger partial charge in [0.1, 0.15) is 0 Å². The third-order valence-corrected chi connectivity index (χ3v) is 4.34. The van der Waals surface area contributed by atoms with Crippen molar-refractivity contribution in [2.24, 2.45) is 0 Å². The number of anilines is 1. The maximum atomic E-state index is 12.1. The van der Waals surface area contributed by atoms with Gasteiger partial charge in [-0.05, 0) is 43.0 Å². The van der Waals surface area contributed by atoms with Crippen LogP contribution >= 0.6 is 0 Å². The van der Waals surface area contributed by atoms with Gasteiger partial charge in [-0.1, -0.05) is 32.0 Å². The van der Waals surface area contributed by atoms with E-state index in [9.17, 15) is 19.7 Å². The molecule has 0 saturated carbocycles. The van der Waals surface area contributed by atoms with Gasteiger partial charge in [0, 0.05) is 17.3 Å². The van der Waals surface area contributed by atoms with Gasteiger partial charge in [-0.3, -0.25) is 14.9 Å². The Balaban J connectivity index is 1.99. The average molecular weight is 370 g/mol. The van der Waals surface area contributed by atoms with Crippen LogP contribution in [0.1, 0.15) is 47.7 Å². The van der Waals surface area contributed by atoms with Crippen LogP contribution in [0.25, 0.3) is 0 Å². The summed E-state index contributed by atoms with van der Waals surface area (Å²) in [5.41, 5.74) is 2.14. The topological polar surface area (TPSA) is 98.5 Å². The molecule has 2 aromatic rings. The number of nitro groups is 1. The van der Waals surface area contributed by atoms with E-state index in [2.05, 4.69) is 19.2 Å². The van der Waals surface area contributed by atoms with Crippen LogP contribution in [0.5, 0.6) is 0 Å². The first kappa shape index (κ1) is 20.1. The number of ether oxygens (including phenoxy) is 1. The minimum Gasteiger partial charge on any atom is -0.452 e. The summed E-state index contributed by atoms with van der Waals surface area (Å²) < 4.78 is 5.02. The number of nitrogens with one attached hydrogen (secondary N) is 1. The van der Waals surface area contributed by atoms with E-state index in [-0.39, 0.29) is 17.2 Å². The molecule has 2 aromatic carbocycles. The third-order valence-electron chi connectivity index (χ3n) is 4.34. The monoisotopic (exact) mass is 370 g/mol. The molecule has 0 aliphatic carbocycles. The Morgan fingerprint density at radius 2 is 1.93 bits per heavy atom. The number of nitrogens with zero attached hydrogens (tertiary/aromatic N) is 1. The van der Waals surface area contributed by atoms with Crippen LogP contribution < -0.4 is 5.32 Å². The molecule has 2 rings (SSSR count). The number of nitro benzene ring substituents is 1. The van der Waals surface area contributed by atoms with Crippen LogP contribution in [0, 0.1) is 17.0 Å². The summed E-state index contributed by atoms with van der Waals surface area (Å²) >= 11 is 0. The van der Waals surface area contributed by atoms with Gasteiger partial charge < -0.3 is 10.1 Å². The van der Waals surface area contributed by atoms with Crippen molar-refractivity contribution in [2.75, 3.05) is 11.9 Å². The molecule has 7 nitrogen and oxygen atoms in total. The summed E-state index contributed by atoms with van der Waals surface area (Å²) in [6.45, 7) is 5.23. The van der Waals surface area contributed by atoms with Crippen molar-refractivity contribution in [3.63, 3.8) is 0 Å². The summed E-state index contributed by atoms with van der Waals surface area (Å²) in [5.74, 6) is -0.872. The second-order valence-corrected chi connectivity index (χ2v) is 6.28. The Bertz CT molecular complexity index is 863. The van der Waals surface area contributed by atoms with Crippen molar-refractivity contribution in [2.45, 2.75) is 33.1 Å².